The number of aromatic carboxylic acids is 1. The average molecular weight is 694 g/mol. The van der Waals surface area contributed by atoms with E-state index in [1.807, 2.05) is 0 Å². The summed E-state index contributed by atoms with van der Waals surface area (Å²) >= 11 is 0. The van der Waals surface area contributed by atoms with Crippen LogP contribution in [0.3, 0.4) is 0 Å². The molecule has 2 heterocycles. The van der Waals surface area contributed by atoms with Crippen LogP contribution in [-0.4, -0.2) is 71.7 Å². The molecule has 11 nitrogen and oxygen atoms in total. The van der Waals surface area contributed by atoms with Crippen molar-refractivity contribution in [3.63, 3.8) is 0 Å². The van der Waals surface area contributed by atoms with E-state index in [2.05, 4.69) is 20.0 Å². The van der Waals surface area contributed by atoms with Crippen molar-refractivity contribution in [3.05, 3.63) is 89.6 Å². The Labute approximate surface area is 271 Å². The first-order chi connectivity index (χ1) is 22.6. The van der Waals surface area contributed by atoms with Gasteiger partial charge in [0.2, 0.25) is 15.9 Å². The maximum Gasteiger partial charge on any atom is 0.573 e. The Morgan fingerprint density at radius 1 is 0.979 bits per heavy atom. The predicted molar refractivity (Wildman–Crippen MR) is 162 cm³/mol. The number of carbonyl (C=O) groups is 2. The molecule has 3 aromatic carbocycles. The molecule has 2 N–H and O–H groups in total. The van der Waals surface area contributed by atoms with E-state index in [0.717, 1.165) is 28.6 Å². The summed E-state index contributed by atoms with van der Waals surface area (Å²) in [5.41, 5.74) is 0.900. The van der Waals surface area contributed by atoms with E-state index in [-0.39, 0.29) is 53.5 Å². The number of nitrogens with one attached hydrogen (secondary N) is 1. The van der Waals surface area contributed by atoms with Crippen molar-refractivity contribution in [3.8, 4) is 5.75 Å². The number of amides is 1. The lowest BCUT2D eigenvalue weighted by atomic mass is 10.0. The molecule has 1 fully saturated rings. The molecule has 0 saturated carbocycles. The molecule has 48 heavy (non-hydrogen) atoms. The van der Waals surface area contributed by atoms with Crippen LogP contribution in [0.1, 0.15) is 34.8 Å². The highest BCUT2D eigenvalue weighted by Gasteiger charge is 2.41. The number of anilines is 1. The Bertz CT molecular complexity index is 1930. The van der Waals surface area contributed by atoms with E-state index in [0.29, 0.717) is 11.1 Å². The van der Waals surface area contributed by atoms with Gasteiger partial charge in [0, 0.05) is 38.2 Å². The van der Waals surface area contributed by atoms with Crippen LogP contribution in [0.4, 0.5) is 27.8 Å². The Kier molecular flexibility index (Phi) is 9.55. The van der Waals surface area contributed by atoms with E-state index in [1.165, 1.54) is 55.6 Å². The number of carboxylic acids is 1. The summed E-state index contributed by atoms with van der Waals surface area (Å²) in [7, 11) is -4.46. The maximum absolute atomic E-state index is 14.1. The van der Waals surface area contributed by atoms with Crippen LogP contribution < -0.4 is 15.0 Å². The number of alkyl halides is 5. The number of ether oxygens (including phenoxy) is 1. The number of sulfonamides is 1. The molecule has 4 aromatic rings. The van der Waals surface area contributed by atoms with Crippen LogP contribution >= 0.6 is 0 Å². The predicted octanol–water partition coefficient (Wildman–Crippen LogP) is 4.92. The number of aromatic nitrogens is 2. The number of hydrogen-bond acceptors (Lipinski definition) is 8. The first-order valence-electron chi connectivity index (χ1n) is 14.4. The fraction of sp³-hybridized carbons (Fsp3) is 0.290. The molecular formula is C31H28F5N5O6S. The van der Waals surface area contributed by atoms with Crippen LogP contribution in [0.5, 0.6) is 5.75 Å². The van der Waals surface area contributed by atoms with Crippen LogP contribution in [0.25, 0.3) is 11.0 Å². The molecule has 5 rings (SSSR count). The molecule has 254 valence electrons. The molecule has 0 spiro atoms. The molecular weight excluding hydrogens is 665 g/mol. The molecule has 1 aromatic heterocycles. The van der Waals surface area contributed by atoms with Gasteiger partial charge in [0.25, 0.3) is 5.92 Å². The molecule has 0 radical (unpaired) electrons. The lowest BCUT2D eigenvalue weighted by molar-refractivity contribution is -0.274. The summed E-state index contributed by atoms with van der Waals surface area (Å²) < 4.78 is 98.3. The lowest BCUT2D eigenvalue weighted by Crippen LogP contribution is -2.60. The number of rotatable bonds is 10. The highest BCUT2D eigenvalue weighted by molar-refractivity contribution is 7.89. The van der Waals surface area contributed by atoms with Gasteiger partial charge in [-0.15, -0.1) is 13.2 Å². The zero-order valence-electron chi connectivity index (χ0n) is 25.1. The molecule has 1 atom stereocenters. The fourth-order valence-corrected chi connectivity index (χ4v) is 6.66. The van der Waals surface area contributed by atoms with E-state index in [9.17, 15) is 45.1 Å². The van der Waals surface area contributed by atoms with Crippen LogP contribution in [0, 0.1) is 0 Å². The number of carbonyl (C=O) groups excluding carboxylic acids is 1. The number of piperazine rings is 1. The SMILES string of the molecule is CCC(F)(F)c1ccc(CNC(=O)[C@H]2CN(c3cnc4ccc(C(=O)O)cc4n3)CCN2S(=O)(=O)c2ccc(OC(F)(F)F)cc2)cc1. The first kappa shape index (κ1) is 34.4. The number of hydrogen-bond donors (Lipinski definition) is 2. The quantitative estimate of drug-likeness (QED) is 0.221. The minimum absolute atomic E-state index is 0.0180. The highest BCUT2D eigenvalue weighted by atomic mass is 32.2. The van der Waals surface area contributed by atoms with Crippen LogP contribution in [0.15, 0.2) is 77.8 Å². The Morgan fingerprint density at radius 3 is 2.29 bits per heavy atom. The Balaban J connectivity index is 1.42. The second kappa shape index (κ2) is 13.3. The van der Waals surface area contributed by atoms with Gasteiger partial charge in [-0.1, -0.05) is 31.2 Å². The summed E-state index contributed by atoms with van der Waals surface area (Å²) in [5, 5.41) is 12.0. The number of carboxylic acid groups (broad SMARTS) is 1. The molecule has 1 saturated heterocycles. The van der Waals surface area contributed by atoms with Crippen molar-refractivity contribution in [2.24, 2.45) is 0 Å². The fourth-order valence-electron chi connectivity index (χ4n) is 5.09. The molecule has 17 heteroatoms. The number of benzene rings is 3. The number of nitrogens with zero attached hydrogens (tertiary/aromatic N) is 4. The molecule has 0 bridgehead atoms. The van der Waals surface area contributed by atoms with Crippen LogP contribution in [0.2, 0.25) is 0 Å². The minimum Gasteiger partial charge on any atom is -0.478 e. The van der Waals surface area contributed by atoms with E-state index >= 15 is 0 Å². The van der Waals surface area contributed by atoms with Gasteiger partial charge in [-0.05, 0) is 48.0 Å². The molecule has 0 aliphatic carbocycles. The number of fused-ring (bicyclic) bond motifs is 1. The topological polar surface area (TPSA) is 142 Å². The van der Waals surface area contributed by atoms with Crippen molar-refractivity contribution in [1.82, 2.24) is 19.6 Å². The van der Waals surface area contributed by atoms with Gasteiger partial charge in [0.1, 0.15) is 17.6 Å². The third-order valence-electron chi connectivity index (χ3n) is 7.69. The monoisotopic (exact) mass is 693 g/mol. The highest BCUT2D eigenvalue weighted by Crippen LogP contribution is 2.32. The second-order valence-corrected chi connectivity index (χ2v) is 12.7. The smallest absolute Gasteiger partial charge is 0.478 e. The largest absolute Gasteiger partial charge is 0.573 e. The van der Waals surface area contributed by atoms with Crippen LogP contribution in [-0.2, 0) is 27.3 Å². The van der Waals surface area contributed by atoms with Gasteiger partial charge in [0.15, 0.2) is 0 Å². The van der Waals surface area contributed by atoms with Crippen molar-refractivity contribution in [1.29, 1.82) is 0 Å². The maximum atomic E-state index is 14.1. The summed E-state index contributed by atoms with van der Waals surface area (Å²) in [6, 6.07) is 11.7. The van der Waals surface area contributed by atoms with Gasteiger partial charge in [0.05, 0.1) is 27.7 Å². The van der Waals surface area contributed by atoms with Gasteiger partial charge in [-0.25, -0.2) is 27.0 Å². The van der Waals surface area contributed by atoms with Crippen molar-refractivity contribution in [2.45, 2.75) is 43.1 Å². The average Bonchev–Trinajstić information content (AvgIpc) is 3.06. The van der Waals surface area contributed by atoms with E-state index in [4.69, 9.17) is 0 Å². The molecule has 1 amide bonds. The van der Waals surface area contributed by atoms with E-state index in [1.54, 1.807) is 4.90 Å². The summed E-state index contributed by atoms with van der Waals surface area (Å²) in [4.78, 5) is 35.1. The Morgan fingerprint density at radius 2 is 1.67 bits per heavy atom. The summed E-state index contributed by atoms with van der Waals surface area (Å²) in [5.74, 6) is -5.35. The zero-order chi connectivity index (χ0) is 34.9. The third-order valence-corrected chi connectivity index (χ3v) is 9.61. The van der Waals surface area contributed by atoms with Gasteiger partial charge in [-0.2, -0.15) is 4.31 Å². The van der Waals surface area contributed by atoms with E-state index < -0.39 is 52.4 Å². The van der Waals surface area contributed by atoms with Gasteiger partial charge >= 0.3 is 12.3 Å². The van der Waals surface area contributed by atoms with Gasteiger partial charge < -0.3 is 20.1 Å². The van der Waals surface area contributed by atoms with Crippen molar-refractivity contribution < 1.29 is 49.8 Å². The zero-order valence-corrected chi connectivity index (χ0v) is 25.9. The number of halogens is 5. The van der Waals surface area contributed by atoms with Crippen molar-refractivity contribution >= 4 is 38.8 Å². The Hall–Kier alpha value is -4.90. The lowest BCUT2D eigenvalue weighted by Gasteiger charge is -2.40. The summed E-state index contributed by atoms with van der Waals surface area (Å²) in [6.07, 6.45) is -3.99. The summed E-state index contributed by atoms with van der Waals surface area (Å²) in [6.45, 7) is 0.753. The molecule has 1 aliphatic rings. The third kappa shape index (κ3) is 7.62. The second-order valence-electron chi connectivity index (χ2n) is 10.8. The minimum atomic E-state index is -4.99. The standard InChI is InChI=1S/C31H28F5N5O6S/c1-2-30(32,33)21-6-3-19(4-7-21)16-38-28(42)26-18-40(27-17-37-24-12-5-20(29(43)44)15-25(24)39-27)13-14-41(26)48(45,46)23-10-8-22(9-11-23)47-31(34,35)36/h3-12,15,17,26H,2,13-14,16,18H2,1H3,(H,38,42)(H,43,44)/t26-/m1/s1. The van der Waals surface area contributed by atoms with Gasteiger partial charge in [-0.3, -0.25) is 9.78 Å². The molecule has 0 unspecified atom stereocenters. The normalized spacial score (nSPS) is 16.1. The first-order valence-corrected chi connectivity index (χ1v) is 15.9. The van der Waals surface area contributed by atoms with Crippen molar-refractivity contribution in [2.75, 3.05) is 24.5 Å². The molecule has 1 aliphatic heterocycles.